The minimum Gasteiger partial charge on any atom is -0.397 e. The van der Waals surface area contributed by atoms with E-state index in [1.165, 1.54) is 19.2 Å². The lowest BCUT2D eigenvalue weighted by Crippen LogP contribution is -2.26. The third-order valence-electron chi connectivity index (χ3n) is 2.06. The molecule has 6 nitrogen and oxygen atoms in total. The fourth-order valence-electron chi connectivity index (χ4n) is 1.13. The van der Waals surface area contributed by atoms with Gasteiger partial charge in [0.1, 0.15) is 0 Å². The molecule has 1 aromatic carbocycles. The fourth-order valence-corrected chi connectivity index (χ4v) is 1.13. The highest BCUT2D eigenvalue weighted by Crippen LogP contribution is 2.19. The van der Waals surface area contributed by atoms with Gasteiger partial charge < -0.3 is 22.1 Å². The van der Waals surface area contributed by atoms with Crippen LogP contribution in [0.1, 0.15) is 10.4 Å². The summed E-state index contributed by atoms with van der Waals surface area (Å²) in [5.41, 5.74) is 12.1. The lowest BCUT2D eigenvalue weighted by atomic mass is 10.1. The molecule has 0 aliphatic carbocycles. The van der Waals surface area contributed by atoms with Crippen molar-refractivity contribution in [1.29, 1.82) is 0 Å². The predicted molar refractivity (Wildman–Crippen MR) is 61.9 cm³/mol. The quantitative estimate of drug-likeness (QED) is 0.516. The molecule has 0 aromatic heterocycles. The van der Waals surface area contributed by atoms with Crippen molar-refractivity contribution < 1.29 is 9.59 Å². The number of nitrogens with two attached hydrogens (primary N) is 2. The van der Waals surface area contributed by atoms with Gasteiger partial charge in [-0.2, -0.15) is 0 Å². The number of primary amides is 1. The van der Waals surface area contributed by atoms with Gasteiger partial charge in [-0.1, -0.05) is 0 Å². The third kappa shape index (κ3) is 2.88. The number of anilines is 2. The van der Waals surface area contributed by atoms with Crippen LogP contribution in [0.3, 0.4) is 0 Å². The van der Waals surface area contributed by atoms with E-state index in [2.05, 4.69) is 10.6 Å². The molecule has 1 aromatic rings. The Labute approximate surface area is 93.0 Å². The molecular formula is C10H14N4O2. The fraction of sp³-hybridized carbons (Fsp3) is 0.200. The summed E-state index contributed by atoms with van der Waals surface area (Å²) in [5, 5.41) is 5.27. The first kappa shape index (κ1) is 11.8. The zero-order valence-corrected chi connectivity index (χ0v) is 8.91. The first-order chi connectivity index (χ1) is 7.54. The van der Waals surface area contributed by atoms with Crippen molar-refractivity contribution in [2.75, 3.05) is 24.6 Å². The minimum atomic E-state index is -0.539. The van der Waals surface area contributed by atoms with Gasteiger partial charge in [0, 0.05) is 12.6 Å². The highest BCUT2D eigenvalue weighted by atomic mass is 16.2. The summed E-state index contributed by atoms with van der Waals surface area (Å²) >= 11 is 0. The molecule has 16 heavy (non-hydrogen) atoms. The van der Waals surface area contributed by atoms with Crippen LogP contribution in [0.5, 0.6) is 0 Å². The predicted octanol–water partition coefficient (Wildman–Crippen LogP) is -0.474. The number of likely N-dealkylation sites (N-methyl/N-ethyl adjacent to an activating group) is 1. The number of rotatable bonds is 4. The second-order valence-corrected chi connectivity index (χ2v) is 3.19. The standard InChI is InChI=1S/C10H14N4O2/c1-13-9(15)5-14-8-4-6(10(12)16)2-3-7(8)11/h2-4,14H,5,11H2,1H3,(H2,12,16)(H,13,15). The van der Waals surface area contributed by atoms with Crippen LogP contribution in [-0.2, 0) is 4.79 Å². The van der Waals surface area contributed by atoms with Gasteiger partial charge >= 0.3 is 0 Å². The highest BCUT2D eigenvalue weighted by Gasteiger charge is 2.06. The van der Waals surface area contributed by atoms with Crippen molar-refractivity contribution in [2.24, 2.45) is 5.73 Å². The van der Waals surface area contributed by atoms with E-state index in [0.717, 1.165) is 0 Å². The van der Waals surface area contributed by atoms with Gasteiger partial charge in [0.15, 0.2) is 0 Å². The maximum Gasteiger partial charge on any atom is 0.248 e. The molecule has 2 amide bonds. The van der Waals surface area contributed by atoms with Gasteiger partial charge in [0.05, 0.1) is 17.9 Å². The second kappa shape index (κ2) is 5.01. The molecule has 0 unspecified atom stereocenters. The zero-order valence-electron chi connectivity index (χ0n) is 8.91. The normalized spacial score (nSPS) is 9.56. The molecule has 0 saturated carbocycles. The summed E-state index contributed by atoms with van der Waals surface area (Å²) in [6.45, 7) is 0.0862. The van der Waals surface area contributed by atoms with Crippen LogP contribution >= 0.6 is 0 Å². The molecule has 6 N–H and O–H groups in total. The summed E-state index contributed by atoms with van der Waals surface area (Å²) < 4.78 is 0. The third-order valence-corrected chi connectivity index (χ3v) is 2.06. The Morgan fingerprint density at radius 2 is 2.06 bits per heavy atom. The van der Waals surface area contributed by atoms with E-state index < -0.39 is 5.91 Å². The average molecular weight is 222 g/mol. The summed E-state index contributed by atoms with van der Waals surface area (Å²) in [4.78, 5) is 21.9. The second-order valence-electron chi connectivity index (χ2n) is 3.19. The van der Waals surface area contributed by atoms with Gasteiger partial charge in [-0.05, 0) is 18.2 Å². The molecule has 0 heterocycles. The Morgan fingerprint density at radius 3 is 2.62 bits per heavy atom. The monoisotopic (exact) mass is 222 g/mol. The van der Waals surface area contributed by atoms with Crippen LogP contribution in [-0.4, -0.2) is 25.4 Å². The van der Waals surface area contributed by atoms with Crippen LogP contribution in [0.15, 0.2) is 18.2 Å². The van der Waals surface area contributed by atoms with E-state index in [0.29, 0.717) is 16.9 Å². The minimum absolute atomic E-state index is 0.0862. The van der Waals surface area contributed by atoms with Gasteiger partial charge in [0.2, 0.25) is 11.8 Å². The van der Waals surface area contributed by atoms with Gasteiger partial charge in [-0.25, -0.2) is 0 Å². The van der Waals surface area contributed by atoms with Crippen molar-refractivity contribution in [3.05, 3.63) is 23.8 Å². The lowest BCUT2D eigenvalue weighted by molar-refractivity contribution is -0.118. The number of amides is 2. The molecule has 0 aliphatic heterocycles. The van der Waals surface area contributed by atoms with Crippen molar-refractivity contribution in [3.63, 3.8) is 0 Å². The van der Waals surface area contributed by atoms with Crippen LogP contribution in [0.4, 0.5) is 11.4 Å². The number of nitrogens with one attached hydrogen (secondary N) is 2. The molecule has 0 bridgehead atoms. The first-order valence-electron chi connectivity index (χ1n) is 4.68. The van der Waals surface area contributed by atoms with E-state index in [-0.39, 0.29) is 12.5 Å². The van der Waals surface area contributed by atoms with Gasteiger partial charge in [-0.15, -0.1) is 0 Å². The molecule has 0 aliphatic rings. The number of hydrogen-bond donors (Lipinski definition) is 4. The van der Waals surface area contributed by atoms with Crippen LogP contribution in [0, 0.1) is 0 Å². The maximum atomic E-state index is 11.0. The van der Waals surface area contributed by atoms with Crippen molar-refractivity contribution >= 4 is 23.2 Å². The van der Waals surface area contributed by atoms with E-state index >= 15 is 0 Å². The number of hydrogen-bond acceptors (Lipinski definition) is 4. The number of carbonyl (C=O) groups is 2. The zero-order chi connectivity index (χ0) is 12.1. The van der Waals surface area contributed by atoms with Crippen LogP contribution < -0.4 is 22.1 Å². The smallest absolute Gasteiger partial charge is 0.248 e. The topological polar surface area (TPSA) is 110 Å². The Hall–Kier alpha value is -2.24. The molecule has 0 atom stereocenters. The molecule has 0 spiro atoms. The van der Waals surface area contributed by atoms with E-state index in [4.69, 9.17) is 11.5 Å². The Morgan fingerprint density at radius 1 is 1.38 bits per heavy atom. The van der Waals surface area contributed by atoms with E-state index in [9.17, 15) is 9.59 Å². The van der Waals surface area contributed by atoms with Crippen LogP contribution in [0.2, 0.25) is 0 Å². The summed E-state index contributed by atoms with van der Waals surface area (Å²) in [7, 11) is 1.53. The molecule has 0 radical (unpaired) electrons. The van der Waals surface area contributed by atoms with E-state index in [1.54, 1.807) is 6.07 Å². The Kier molecular flexibility index (Phi) is 3.71. The molecule has 0 saturated heterocycles. The molecule has 1 rings (SSSR count). The molecule has 6 heteroatoms. The highest BCUT2D eigenvalue weighted by molar-refractivity contribution is 5.95. The Balaban J connectivity index is 2.82. The molecule has 86 valence electrons. The maximum absolute atomic E-state index is 11.0. The van der Waals surface area contributed by atoms with Crippen molar-refractivity contribution in [3.8, 4) is 0 Å². The lowest BCUT2D eigenvalue weighted by Gasteiger charge is -2.09. The number of carbonyl (C=O) groups excluding carboxylic acids is 2. The van der Waals surface area contributed by atoms with Gasteiger partial charge in [-0.3, -0.25) is 9.59 Å². The number of benzene rings is 1. The van der Waals surface area contributed by atoms with Crippen molar-refractivity contribution in [2.45, 2.75) is 0 Å². The van der Waals surface area contributed by atoms with Crippen LogP contribution in [0.25, 0.3) is 0 Å². The Bertz CT molecular complexity index is 417. The molecular weight excluding hydrogens is 208 g/mol. The number of nitrogen functional groups attached to an aromatic ring is 1. The first-order valence-corrected chi connectivity index (χ1v) is 4.68. The molecule has 0 fully saturated rings. The summed E-state index contributed by atoms with van der Waals surface area (Å²) in [5.74, 6) is -0.716. The van der Waals surface area contributed by atoms with Gasteiger partial charge in [0.25, 0.3) is 0 Å². The summed E-state index contributed by atoms with van der Waals surface area (Å²) in [6, 6.07) is 4.61. The van der Waals surface area contributed by atoms with E-state index in [1.807, 2.05) is 0 Å². The van der Waals surface area contributed by atoms with Crippen molar-refractivity contribution in [1.82, 2.24) is 5.32 Å². The average Bonchev–Trinajstić information content (AvgIpc) is 2.27. The largest absolute Gasteiger partial charge is 0.397 e. The summed E-state index contributed by atoms with van der Waals surface area (Å²) in [6.07, 6.45) is 0. The SMILES string of the molecule is CNC(=O)CNc1cc(C(N)=O)ccc1N.